The first-order valence-electron chi connectivity index (χ1n) is 4.51. The van der Waals surface area contributed by atoms with Crippen LogP contribution in [0.5, 0.6) is 0 Å². The van der Waals surface area contributed by atoms with E-state index >= 15 is 0 Å². The van der Waals surface area contributed by atoms with E-state index in [2.05, 4.69) is 0 Å². The average molecular weight is 186 g/mol. The molecule has 0 N–H and O–H groups in total. The van der Waals surface area contributed by atoms with Gasteiger partial charge in [-0.1, -0.05) is 6.07 Å². The van der Waals surface area contributed by atoms with Gasteiger partial charge in [0.05, 0.1) is 11.6 Å². The van der Waals surface area contributed by atoms with Crippen LogP contribution in [0.1, 0.15) is 21.5 Å². The summed E-state index contributed by atoms with van der Waals surface area (Å²) in [6.45, 7) is 0.762. The van der Waals surface area contributed by atoms with Gasteiger partial charge < -0.3 is 4.90 Å². The fraction of sp³-hybridized carbons (Fsp3) is 0.273. The van der Waals surface area contributed by atoms with E-state index in [4.69, 9.17) is 5.26 Å². The molecule has 0 atom stereocenters. The van der Waals surface area contributed by atoms with E-state index in [9.17, 15) is 4.79 Å². The van der Waals surface area contributed by atoms with Gasteiger partial charge in [-0.05, 0) is 24.1 Å². The molecule has 3 heteroatoms. The molecule has 2 rings (SSSR count). The van der Waals surface area contributed by atoms with Gasteiger partial charge in [0.25, 0.3) is 5.91 Å². The number of carbonyl (C=O) groups excluding carboxylic acids is 1. The number of amides is 1. The zero-order valence-electron chi connectivity index (χ0n) is 7.95. The van der Waals surface area contributed by atoms with Crippen molar-refractivity contribution in [2.75, 3.05) is 13.6 Å². The standard InChI is InChI=1S/C11H10N2O/c1-13-5-4-9-3-2-8(7-12)6-10(9)11(13)14/h2-3,6H,4-5H2,1H3. The number of carbonyl (C=O) groups is 1. The second-order valence-corrected chi connectivity index (χ2v) is 3.46. The highest BCUT2D eigenvalue weighted by atomic mass is 16.2. The summed E-state index contributed by atoms with van der Waals surface area (Å²) in [6.07, 6.45) is 0.878. The van der Waals surface area contributed by atoms with E-state index in [-0.39, 0.29) is 5.91 Å². The van der Waals surface area contributed by atoms with Gasteiger partial charge in [-0.3, -0.25) is 4.79 Å². The lowest BCUT2D eigenvalue weighted by molar-refractivity contribution is 0.0781. The van der Waals surface area contributed by atoms with E-state index < -0.39 is 0 Å². The Labute approximate surface area is 82.6 Å². The maximum absolute atomic E-state index is 11.7. The molecule has 1 aromatic carbocycles. The van der Waals surface area contributed by atoms with Gasteiger partial charge in [-0.25, -0.2) is 0 Å². The molecule has 1 amide bonds. The van der Waals surface area contributed by atoms with Crippen molar-refractivity contribution in [1.29, 1.82) is 5.26 Å². The highest BCUT2D eigenvalue weighted by Crippen LogP contribution is 2.18. The molecule has 3 nitrogen and oxygen atoms in total. The predicted octanol–water partition coefficient (Wildman–Crippen LogP) is 1.19. The number of nitrogens with zero attached hydrogens (tertiary/aromatic N) is 2. The summed E-state index contributed by atoms with van der Waals surface area (Å²) >= 11 is 0. The number of likely N-dealkylation sites (N-methyl/N-ethyl adjacent to an activating group) is 1. The Morgan fingerprint density at radius 1 is 1.50 bits per heavy atom. The van der Waals surface area contributed by atoms with Crippen LogP contribution in [-0.2, 0) is 6.42 Å². The Morgan fingerprint density at radius 3 is 3.00 bits per heavy atom. The van der Waals surface area contributed by atoms with E-state index in [1.165, 1.54) is 0 Å². The summed E-state index contributed by atoms with van der Waals surface area (Å²) in [4.78, 5) is 13.4. The Balaban J connectivity index is 2.53. The molecule has 1 aliphatic rings. The van der Waals surface area contributed by atoms with E-state index in [0.717, 1.165) is 18.5 Å². The predicted molar refractivity (Wildman–Crippen MR) is 51.8 cm³/mol. The van der Waals surface area contributed by atoms with E-state index in [0.29, 0.717) is 11.1 Å². The van der Waals surface area contributed by atoms with Crippen LogP contribution < -0.4 is 0 Å². The summed E-state index contributed by atoms with van der Waals surface area (Å²) in [7, 11) is 1.78. The van der Waals surface area contributed by atoms with E-state index in [1.807, 2.05) is 12.1 Å². The first-order valence-corrected chi connectivity index (χ1v) is 4.51. The molecule has 0 saturated carbocycles. The molecule has 0 bridgehead atoms. The molecular weight excluding hydrogens is 176 g/mol. The fourth-order valence-corrected chi connectivity index (χ4v) is 1.66. The quantitative estimate of drug-likeness (QED) is 0.610. The molecule has 1 aliphatic heterocycles. The summed E-state index contributed by atoms with van der Waals surface area (Å²) in [5, 5.41) is 8.72. The molecule has 14 heavy (non-hydrogen) atoms. The molecular formula is C11H10N2O. The lowest BCUT2D eigenvalue weighted by Crippen LogP contribution is -2.34. The van der Waals surface area contributed by atoms with Crippen molar-refractivity contribution in [3.8, 4) is 6.07 Å². The van der Waals surface area contributed by atoms with Crippen molar-refractivity contribution < 1.29 is 4.79 Å². The molecule has 1 heterocycles. The minimum atomic E-state index is 0.0170. The Bertz CT molecular complexity index is 431. The molecule has 0 saturated heterocycles. The van der Waals surface area contributed by atoms with Gasteiger partial charge >= 0.3 is 0 Å². The van der Waals surface area contributed by atoms with Crippen molar-refractivity contribution in [1.82, 2.24) is 4.90 Å². The second-order valence-electron chi connectivity index (χ2n) is 3.46. The minimum absolute atomic E-state index is 0.0170. The SMILES string of the molecule is CN1CCc2ccc(C#N)cc2C1=O. The number of rotatable bonds is 0. The normalized spacial score (nSPS) is 14.9. The summed E-state index contributed by atoms with van der Waals surface area (Å²) in [5.74, 6) is 0.0170. The lowest BCUT2D eigenvalue weighted by atomic mass is 9.97. The second kappa shape index (κ2) is 3.15. The summed E-state index contributed by atoms with van der Waals surface area (Å²) in [6, 6.07) is 7.35. The Morgan fingerprint density at radius 2 is 2.29 bits per heavy atom. The highest BCUT2D eigenvalue weighted by molar-refractivity contribution is 5.96. The van der Waals surface area contributed by atoms with Crippen LogP contribution in [-0.4, -0.2) is 24.4 Å². The maximum atomic E-state index is 11.7. The average Bonchev–Trinajstić information content (AvgIpc) is 2.23. The Hall–Kier alpha value is -1.82. The van der Waals surface area contributed by atoms with Crippen molar-refractivity contribution in [2.24, 2.45) is 0 Å². The van der Waals surface area contributed by atoms with Crippen molar-refractivity contribution in [3.63, 3.8) is 0 Å². The monoisotopic (exact) mass is 186 g/mol. The van der Waals surface area contributed by atoms with Gasteiger partial charge in [0.15, 0.2) is 0 Å². The van der Waals surface area contributed by atoms with Crippen molar-refractivity contribution in [2.45, 2.75) is 6.42 Å². The number of hydrogen-bond donors (Lipinski definition) is 0. The van der Waals surface area contributed by atoms with Gasteiger partial charge in [-0.15, -0.1) is 0 Å². The smallest absolute Gasteiger partial charge is 0.253 e. The van der Waals surface area contributed by atoms with Crippen molar-refractivity contribution in [3.05, 3.63) is 34.9 Å². The number of fused-ring (bicyclic) bond motifs is 1. The first kappa shape index (κ1) is 8.76. The van der Waals surface area contributed by atoms with Gasteiger partial charge in [-0.2, -0.15) is 5.26 Å². The first-order chi connectivity index (χ1) is 6.72. The number of nitriles is 1. The summed E-state index contributed by atoms with van der Waals surface area (Å²) < 4.78 is 0. The minimum Gasteiger partial charge on any atom is -0.341 e. The van der Waals surface area contributed by atoms with Crippen LogP contribution in [0.3, 0.4) is 0 Å². The third-order valence-corrected chi connectivity index (χ3v) is 2.53. The molecule has 0 spiro atoms. The van der Waals surface area contributed by atoms with Crippen LogP contribution in [0, 0.1) is 11.3 Å². The maximum Gasteiger partial charge on any atom is 0.253 e. The van der Waals surface area contributed by atoms with Crippen LogP contribution in [0.25, 0.3) is 0 Å². The third-order valence-electron chi connectivity index (χ3n) is 2.53. The van der Waals surface area contributed by atoms with Crippen molar-refractivity contribution >= 4 is 5.91 Å². The molecule has 0 radical (unpaired) electrons. The zero-order valence-corrected chi connectivity index (χ0v) is 7.95. The lowest BCUT2D eigenvalue weighted by Gasteiger charge is -2.24. The van der Waals surface area contributed by atoms with Crippen LogP contribution in [0.4, 0.5) is 0 Å². The van der Waals surface area contributed by atoms with Gasteiger partial charge in [0, 0.05) is 19.2 Å². The summed E-state index contributed by atoms with van der Waals surface area (Å²) in [5.41, 5.74) is 2.28. The molecule has 0 aliphatic carbocycles. The van der Waals surface area contributed by atoms with Gasteiger partial charge in [0.1, 0.15) is 0 Å². The molecule has 0 unspecified atom stereocenters. The molecule has 70 valence electrons. The fourth-order valence-electron chi connectivity index (χ4n) is 1.66. The van der Waals surface area contributed by atoms with E-state index in [1.54, 1.807) is 24.1 Å². The van der Waals surface area contributed by atoms with Crippen LogP contribution in [0.15, 0.2) is 18.2 Å². The Kier molecular flexibility index (Phi) is 1.97. The molecule has 0 fully saturated rings. The van der Waals surface area contributed by atoms with Crippen LogP contribution >= 0.6 is 0 Å². The largest absolute Gasteiger partial charge is 0.341 e. The molecule has 0 aromatic heterocycles. The third kappa shape index (κ3) is 1.25. The zero-order chi connectivity index (χ0) is 10.1. The van der Waals surface area contributed by atoms with Gasteiger partial charge in [0.2, 0.25) is 0 Å². The highest BCUT2D eigenvalue weighted by Gasteiger charge is 2.21. The number of benzene rings is 1. The topological polar surface area (TPSA) is 44.1 Å². The molecule has 1 aromatic rings. The number of hydrogen-bond acceptors (Lipinski definition) is 2. The van der Waals surface area contributed by atoms with Crippen LogP contribution in [0.2, 0.25) is 0 Å².